The predicted octanol–water partition coefficient (Wildman–Crippen LogP) is 2.00. The Bertz CT molecular complexity index is 419. The van der Waals surface area contributed by atoms with Crippen molar-refractivity contribution in [2.45, 2.75) is 6.92 Å². The van der Waals surface area contributed by atoms with Gasteiger partial charge in [-0.3, -0.25) is 4.79 Å². The average Bonchev–Trinajstić information content (AvgIpc) is 2.75. The highest BCUT2D eigenvalue weighted by Crippen LogP contribution is 2.21. The summed E-state index contributed by atoms with van der Waals surface area (Å²) in [5, 5.41) is 5.60. The fourth-order valence-corrected chi connectivity index (χ4v) is 1.52. The van der Waals surface area contributed by atoms with Gasteiger partial charge in [0.1, 0.15) is 0 Å². The van der Waals surface area contributed by atoms with Crippen molar-refractivity contribution in [2.24, 2.45) is 0 Å². The average molecular weight is 194 g/mol. The minimum Gasteiger partial charge on any atom is -0.330 e. The SMILES string of the molecule is CC(=O)c1nc(-c2cccs2)no1. The van der Waals surface area contributed by atoms with Gasteiger partial charge in [-0.2, -0.15) is 4.98 Å². The lowest BCUT2D eigenvalue weighted by molar-refractivity contribution is 0.0972. The summed E-state index contributed by atoms with van der Waals surface area (Å²) in [6, 6.07) is 3.77. The smallest absolute Gasteiger partial charge is 0.294 e. The van der Waals surface area contributed by atoms with E-state index >= 15 is 0 Å². The van der Waals surface area contributed by atoms with E-state index in [1.165, 1.54) is 18.3 Å². The molecule has 0 radical (unpaired) electrons. The lowest BCUT2D eigenvalue weighted by Crippen LogP contribution is -1.90. The molecule has 4 nitrogen and oxygen atoms in total. The molecule has 0 spiro atoms. The normalized spacial score (nSPS) is 10.2. The molecule has 0 saturated heterocycles. The minimum absolute atomic E-state index is 0.0587. The van der Waals surface area contributed by atoms with Gasteiger partial charge >= 0.3 is 0 Å². The number of nitrogens with zero attached hydrogens (tertiary/aromatic N) is 2. The van der Waals surface area contributed by atoms with Crippen molar-refractivity contribution in [3.05, 3.63) is 23.4 Å². The molecule has 2 rings (SSSR count). The minimum atomic E-state index is -0.213. The second-order valence-electron chi connectivity index (χ2n) is 2.46. The van der Waals surface area contributed by atoms with Gasteiger partial charge in [0.25, 0.3) is 5.89 Å². The van der Waals surface area contributed by atoms with E-state index in [0.29, 0.717) is 5.82 Å². The molecule has 0 N–H and O–H groups in total. The molecule has 2 aromatic heterocycles. The molecule has 5 heteroatoms. The third kappa shape index (κ3) is 1.50. The van der Waals surface area contributed by atoms with Crippen LogP contribution in [0.2, 0.25) is 0 Å². The van der Waals surface area contributed by atoms with Crippen molar-refractivity contribution in [3.63, 3.8) is 0 Å². The van der Waals surface area contributed by atoms with Crippen LogP contribution in [0.25, 0.3) is 10.7 Å². The summed E-state index contributed by atoms with van der Waals surface area (Å²) in [5.74, 6) is 0.318. The molecule has 0 saturated carbocycles. The van der Waals surface area contributed by atoms with Gasteiger partial charge in [-0.1, -0.05) is 11.2 Å². The second-order valence-corrected chi connectivity index (χ2v) is 3.40. The zero-order chi connectivity index (χ0) is 9.26. The lowest BCUT2D eigenvalue weighted by Gasteiger charge is -1.81. The summed E-state index contributed by atoms with van der Waals surface area (Å²) in [6.07, 6.45) is 0. The van der Waals surface area contributed by atoms with Crippen molar-refractivity contribution in [3.8, 4) is 10.7 Å². The van der Waals surface area contributed by atoms with Crippen LogP contribution in [0.4, 0.5) is 0 Å². The van der Waals surface area contributed by atoms with Gasteiger partial charge in [0.05, 0.1) is 4.88 Å². The third-order valence-corrected chi connectivity index (χ3v) is 2.33. The second kappa shape index (κ2) is 3.10. The van der Waals surface area contributed by atoms with Crippen LogP contribution in [0, 0.1) is 0 Å². The van der Waals surface area contributed by atoms with E-state index in [-0.39, 0.29) is 11.7 Å². The Morgan fingerprint density at radius 2 is 2.46 bits per heavy atom. The number of thiophene rings is 1. The first-order chi connectivity index (χ1) is 6.27. The number of aromatic nitrogens is 2. The molecular weight excluding hydrogens is 188 g/mol. The quantitative estimate of drug-likeness (QED) is 0.686. The fourth-order valence-electron chi connectivity index (χ4n) is 0.872. The van der Waals surface area contributed by atoms with E-state index < -0.39 is 0 Å². The Morgan fingerprint density at radius 3 is 3.00 bits per heavy atom. The van der Waals surface area contributed by atoms with Gasteiger partial charge in [0.15, 0.2) is 0 Å². The number of carbonyl (C=O) groups excluding carboxylic acids is 1. The van der Waals surface area contributed by atoms with Crippen molar-refractivity contribution in [1.82, 2.24) is 10.1 Å². The summed E-state index contributed by atoms with van der Waals surface area (Å²) in [7, 11) is 0. The summed E-state index contributed by atoms with van der Waals surface area (Å²) >= 11 is 1.50. The Balaban J connectivity index is 2.39. The van der Waals surface area contributed by atoms with Crippen LogP contribution < -0.4 is 0 Å². The number of ketones is 1. The van der Waals surface area contributed by atoms with Crippen LogP contribution in [0.3, 0.4) is 0 Å². The number of carbonyl (C=O) groups is 1. The lowest BCUT2D eigenvalue weighted by atomic mass is 10.4. The van der Waals surface area contributed by atoms with Gasteiger partial charge < -0.3 is 4.52 Å². The molecule has 2 aromatic rings. The van der Waals surface area contributed by atoms with Gasteiger partial charge in [-0.25, -0.2) is 0 Å². The van der Waals surface area contributed by atoms with Gasteiger partial charge in [-0.15, -0.1) is 11.3 Å². The molecule has 13 heavy (non-hydrogen) atoms. The molecule has 0 bridgehead atoms. The van der Waals surface area contributed by atoms with Crippen LogP contribution in [0.1, 0.15) is 17.6 Å². The van der Waals surface area contributed by atoms with E-state index in [2.05, 4.69) is 10.1 Å². The molecule has 0 aromatic carbocycles. The molecular formula is C8H6N2O2S. The van der Waals surface area contributed by atoms with E-state index in [0.717, 1.165) is 4.88 Å². The summed E-state index contributed by atoms with van der Waals surface area (Å²) in [4.78, 5) is 15.7. The number of hydrogen-bond donors (Lipinski definition) is 0. The zero-order valence-electron chi connectivity index (χ0n) is 6.85. The van der Waals surface area contributed by atoms with Crippen LogP contribution in [-0.4, -0.2) is 15.9 Å². The van der Waals surface area contributed by atoms with Gasteiger partial charge in [0, 0.05) is 6.92 Å². The summed E-state index contributed by atoms with van der Waals surface area (Å²) in [6.45, 7) is 1.39. The molecule has 0 aliphatic heterocycles. The number of Topliss-reactive ketones (excluding diaryl/α,β-unsaturated/α-hetero) is 1. The zero-order valence-corrected chi connectivity index (χ0v) is 7.67. The van der Waals surface area contributed by atoms with Crippen LogP contribution in [0.15, 0.2) is 22.0 Å². The molecule has 0 amide bonds. The Hall–Kier alpha value is -1.49. The van der Waals surface area contributed by atoms with E-state index in [1.807, 2.05) is 17.5 Å². The monoisotopic (exact) mass is 194 g/mol. The number of hydrogen-bond acceptors (Lipinski definition) is 5. The molecule has 0 aliphatic carbocycles. The Labute approximate surface area is 78.2 Å². The molecule has 2 heterocycles. The largest absolute Gasteiger partial charge is 0.330 e. The van der Waals surface area contributed by atoms with Gasteiger partial charge in [0.2, 0.25) is 11.6 Å². The summed E-state index contributed by atoms with van der Waals surface area (Å²) in [5.41, 5.74) is 0. The first-order valence-electron chi connectivity index (χ1n) is 3.66. The van der Waals surface area contributed by atoms with Crippen LogP contribution >= 0.6 is 11.3 Å². The predicted molar refractivity (Wildman–Crippen MR) is 47.6 cm³/mol. The molecule has 66 valence electrons. The third-order valence-electron chi connectivity index (χ3n) is 1.47. The molecule has 0 aliphatic rings. The molecule has 0 atom stereocenters. The topological polar surface area (TPSA) is 56.0 Å². The van der Waals surface area contributed by atoms with Crippen molar-refractivity contribution in [2.75, 3.05) is 0 Å². The van der Waals surface area contributed by atoms with E-state index in [1.54, 1.807) is 0 Å². The van der Waals surface area contributed by atoms with Crippen LogP contribution in [0.5, 0.6) is 0 Å². The maximum absolute atomic E-state index is 10.8. The Kier molecular flexibility index (Phi) is 1.94. The first kappa shape index (κ1) is 8.12. The maximum atomic E-state index is 10.8. The van der Waals surface area contributed by atoms with E-state index in [4.69, 9.17) is 4.52 Å². The van der Waals surface area contributed by atoms with Crippen molar-refractivity contribution < 1.29 is 9.32 Å². The maximum Gasteiger partial charge on any atom is 0.294 e. The fraction of sp³-hybridized carbons (Fsp3) is 0.125. The first-order valence-corrected chi connectivity index (χ1v) is 4.54. The molecule has 0 unspecified atom stereocenters. The van der Waals surface area contributed by atoms with Gasteiger partial charge in [-0.05, 0) is 11.4 Å². The highest BCUT2D eigenvalue weighted by Gasteiger charge is 2.11. The summed E-state index contributed by atoms with van der Waals surface area (Å²) < 4.78 is 4.75. The highest BCUT2D eigenvalue weighted by molar-refractivity contribution is 7.13. The van der Waals surface area contributed by atoms with E-state index in [9.17, 15) is 4.79 Å². The number of rotatable bonds is 2. The van der Waals surface area contributed by atoms with Crippen molar-refractivity contribution >= 4 is 17.1 Å². The van der Waals surface area contributed by atoms with Crippen LogP contribution in [-0.2, 0) is 0 Å². The standard InChI is InChI=1S/C8H6N2O2S/c1-5(11)8-9-7(10-12-8)6-3-2-4-13-6/h2-4H,1H3. The Morgan fingerprint density at radius 1 is 1.62 bits per heavy atom. The molecule has 0 fully saturated rings. The van der Waals surface area contributed by atoms with Crippen molar-refractivity contribution in [1.29, 1.82) is 0 Å². The highest BCUT2D eigenvalue weighted by atomic mass is 32.1.